The molecule has 0 radical (unpaired) electrons. The van der Waals surface area contributed by atoms with Crippen LogP contribution < -0.4 is 5.32 Å². The van der Waals surface area contributed by atoms with E-state index in [9.17, 15) is 14.7 Å². The second-order valence-corrected chi connectivity index (χ2v) is 11.0. The van der Waals surface area contributed by atoms with E-state index in [0.717, 1.165) is 49.2 Å². The molecule has 1 fully saturated rings. The second kappa shape index (κ2) is 6.57. The van der Waals surface area contributed by atoms with Crippen molar-refractivity contribution in [2.24, 2.45) is 0 Å². The Kier molecular flexibility index (Phi) is 3.87. The smallest absolute Gasteiger partial charge is 0.343 e. The SMILES string of the molecule is COC(=O)C1(O)CC2OC1(C)n1c3ccc(Cl)cc3c3c4c(c5c6cc(Cl)ccc6n2c5c31)C(=O)NC4. The zero-order valence-electron chi connectivity index (χ0n) is 19.7. The second-order valence-electron chi connectivity index (χ2n) is 10.1. The van der Waals surface area contributed by atoms with Gasteiger partial charge in [-0.05, 0) is 48.9 Å². The molecule has 0 spiro atoms. The van der Waals surface area contributed by atoms with Crippen LogP contribution in [0.5, 0.6) is 0 Å². The largest absolute Gasteiger partial charge is 0.467 e. The minimum atomic E-state index is -1.99. The van der Waals surface area contributed by atoms with Crippen LogP contribution in [-0.4, -0.2) is 38.8 Å². The lowest BCUT2D eigenvalue weighted by atomic mass is 9.88. The number of fused-ring (bicyclic) bond motifs is 13. The van der Waals surface area contributed by atoms with Crippen LogP contribution in [0.25, 0.3) is 43.6 Å². The Morgan fingerprint density at radius 3 is 2.49 bits per heavy atom. The van der Waals surface area contributed by atoms with Crippen molar-refractivity contribution in [3.05, 3.63) is 57.6 Å². The number of aromatic nitrogens is 2. The fourth-order valence-corrected chi connectivity index (χ4v) is 7.28. The zero-order chi connectivity index (χ0) is 25.6. The summed E-state index contributed by atoms with van der Waals surface area (Å²) in [6.07, 6.45) is -0.766. The molecular formula is C27H19Cl2N3O5. The van der Waals surface area contributed by atoms with Gasteiger partial charge >= 0.3 is 5.97 Å². The van der Waals surface area contributed by atoms with Gasteiger partial charge in [-0.1, -0.05) is 23.2 Å². The minimum absolute atomic E-state index is 0.0465. The van der Waals surface area contributed by atoms with Gasteiger partial charge in [0.05, 0.1) is 34.7 Å². The summed E-state index contributed by atoms with van der Waals surface area (Å²) in [5.41, 5.74) is 0.957. The highest BCUT2D eigenvalue weighted by Gasteiger charge is 2.65. The number of amides is 1. The van der Waals surface area contributed by atoms with Crippen LogP contribution in [0.3, 0.4) is 0 Å². The van der Waals surface area contributed by atoms with Gasteiger partial charge in [0.2, 0.25) is 5.60 Å². The molecule has 37 heavy (non-hydrogen) atoms. The van der Waals surface area contributed by atoms with Crippen LogP contribution in [0.4, 0.5) is 0 Å². The Labute approximate surface area is 219 Å². The molecule has 5 heterocycles. The highest BCUT2D eigenvalue weighted by atomic mass is 35.5. The van der Waals surface area contributed by atoms with Crippen LogP contribution in [-0.2, 0) is 26.5 Å². The van der Waals surface area contributed by atoms with E-state index in [4.69, 9.17) is 32.7 Å². The molecule has 2 N–H and O–H groups in total. The Bertz CT molecular complexity index is 1940. The number of hydrogen-bond acceptors (Lipinski definition) is 5. The summed E-state index contributed by atoms with van der Waals surface area (Å²) >= 11 is 12.9. The molecule has 8 nitrogen and oxygen atoms in total. The van der Waals surface area contributed by atoms with Gasteiger partial charge in [0, 0.05) is 44.6 Å². The number of carbonyl (C=O) groups is 2. The molecule has 8 rings (SSSR count). The lowest BCUT2D eigenvalue weighted by molar-refractivity contribution is -0.202. The number of hydrogen-bond donors (Lipinski definition) is 2. The molecule has 0 saturated carbocycles. The first kappa shape index (κ1) is 21.8. The third kappa shape index (κ3) is 2.26. The summed E-state index contributed by atoms with van der Waals surface area (Å²) in [6.45, 7) is 2.05. The van der Waals surface area contributed by atoms with E-state index in [2.05, 4.69) is 5.32 Å². The summed E-state index contributed by atoms with van der Waals surface area (Å²) in [5.74, 6) is -0.940. The summed E-state index contributed by atoms with van der Waals surface area (Å²) in [4.78, 5) is 26.5. The van der Waals surface area contributed by atoms with Crippen molar-refractivity contribution < 1.29 is 24.2 Å². The third-order valence-electron chi connectivity index (χ3n) is 8.47. The standard InChI is InChI=1S/C27H19Cl2N3O5/c1-26-27(35,25(34)36-2)9-18(37-26)31-16-5-3-11(28)7-13(16)20-21-15(10-30-24(21)33)19-14-8-12(29)4-6-17(14)32(26)23(19)22(20)31/h3-8,18,35H,9-10H2,1-2H3,(H,30,33). The Morgan fingerprint density at radius 2 is 1.78 bits per heavy atom. The monoisotopic (exact) mass is 535 g/mol. The van der Waals surface area contributed by atoms with E-state index in [1.54, 1.807) is 19.1 Å². The fraction of sp³-hybridized carbons (Fsp3) is 0.259. The molecule has 1 amide bonds. The van der Waals surface area contributed by atoms with E-state index < -0.39 is 23.5 Å². The number of carbonyl (C=O) groups excluding carboxylic acids is 2. The number of nitrogens with one attached hydrogen (secondary N) is 1. The zero-order valence-corrected chi connectivity index (χ0v) is 21.2. The number of ether oxygens (including phenoxy) is 2. The number of aliphatic hydroxyl groups is 1. The molecule has 5 aromatic rings. The number of nitrogens with zero attached hydrogens (tertiary/aromatic N) is 2. The molecule has 3 atom stereocenters. The number of methoxy groups -OCH3 is 1. The summed E-state index contributed by atoms with van der Waals surface area (Å²) < 4.78 is 15.6. The number of benzene rings is 3. The van der Waals surface area contributed by atoms with Gasteiger partial charge in [-0.25, -0.2) is 4.79 Å². The van der Waals surface area contributed by atoms with Gasteiger partial charge in [-0.15, -0.1) is 0 Å². The number of rotatable bonds is 1. The first-order valence-electron chi connectivity index (χ1n) is 11.9. The minimum Gasteiger partial charge on any atom is -0.467 e. The third-order valence-corrected chi connectivity index (χ3v) is 8.94. The van der Waals surface area contributed by atoms with Crippen molar-refractivity contribution in [1.82, 2.24) is 14.5 Å². The number of halogens is 2. The van der Waals surface area contributed by atoms with Crippen LogP contribution in [0.2, 0.25) is 10.0 Å². The van der Waals surface area contributed by atoms with Gasteiger partial charge in [0.15, 0.2) is 5.72 Å². The number of esters is 1. The maximum absolute atomic E-state index is 13.3. The lowest BCUT2D eigenvalue weighted by Crippen LogP contribution is -2.56. The first-order chi connectivity index (χ1) is 17.7. The lowest BCUT2D eigenvalue weighted by Gasteiger charge is -2.37. The average Bonchev–Trinajstić information content (AvgIpc) is 3.55. The van der Waals surface area contributed by atoms with Gasteiger partial charge in [-0.2, -0.15) is 0 Å². The van der Waals surface area contributed by atoms with Crippen molar-refractivity contribution in [2.75, 3.05) is 7.11 Å². The van der Waals surface area contributed by atoms with Crippen LogP contribution >= 0.6 is 23.2 Å². The normalized spacial score (nSPS) is 26.0. The van der Waals surface area contributed by atoms with Gasteiger partial charge in [0.25, 0.3) is 5.91 Å². The van der Waals surface area contributed by atoms with Gasteiger partial charge in [-0.3, -0.25) is 4.79 Å². The van der Waals surface area contributed by atoms with E-state index in [1.807, 2.05) is 33.4 Å². The Hall–Kier alpha value is -3.30. The van der Waals surface area contributed by atoms with Crippen LogP contribution in [0.15, 0.2) is 36.4 Å². The van der Waals surface area contributed by atoms with Gasteiger partial charge in [0.1, 0.15) is 6.23 Å². The summed E-state index contributed by atoms with van der Waals surface area (Å²) in [6, 6.07) is 11.0. The highest BCUT2D eigenvalue weighted by molar-refractivity contribution is 6.35. The van der Waals surface area contributed by atoms with Gasteiger partial charge < -0.3 is 29.0 Å². The summed E-state index contributed by atoms with van der Waals surface area (Å²) in [7, 11) is 1.26. The van der Waals surface area contributed by atoms with Crippen LogP contribution in [0.1, 0.15) is 35.5 Å². The molecule has 3 aliphatic rings. The van der Waals surface area contributed by atoms with Crippen molar-refractivity contribution >= 4 is 78.7 Å². The predicted molar refractivity (Wildman–Crippen MR) is 139 cm³/mol. The topological polar surface area (TPSA) is 94.7 Å². The molecule has 3 unspecified atom stereocenters. The van der Waals surface area contributed by atoms with Crippen molar-refractivity contribution in [2.45, 2.75) is 37.4 Å². The molecular weight excluding hydrogens is 517 g/mol. The highest BCUT2D eigenvalue weighted by Crippen LogP contribution is 2.58. The summed E-state index contributed by atoms with van der Waals surface area (Å²) in [5, 5.41) is 19.3. The van der Waals surface area contributed by atoms with E-state index in [0.29, 0.717) is 22.2 Å². The maximum atomic E-state index is 13.3. The molecule has 3 aliphatic heterocycles. The quantitative estimate of drug-likeness (QED) is 0.296. The predicted octanol–water partition coefficient (Wildman–Crippen LogP) is 4.96. The molecule has 2 bridgehead atoms. The molecule has 3 aromatic carbocycles. The Balaban J connectivity index is 1.73. The van der Waals surface area contributed by atoms with Crippen molar-refractivity contribution in [1.29, 1.82) is 0 Å². The molecule has 10 heteroatoms. The maximum Gasteiger partial charge on any atom is 0.343 e. The van der Waals surface area contributed by atoms with Crippen molar-refractivity contribution in [3.63, 3.8) is 0 Å². The molecule has 0 aliphatic carbocycles. The molecule has 186 valence electrons. The first-order valence-corrected chi connectivity index (χ1v) is 12.6. The van der Waals surface area contributed by atoms with E-state index in [-0.39, 0.29) is 12.3 Å². The van der Waals surface area contributed by atoms with Crippen molar-refractivity contribution in [3.8, 4) is 0 Å². The van der Waals surface area contributed by atoms with E-state index in [1.165, 1.54) is 7.11 Å². The van der Waals surface area contributed by atoms with E-state index >= 15 is 0 Å². The Morgan fingerprint density at radius 1 is 1.11 bits per heavy atom. The average molecular weight is 536 g/mol. The fourth-order valence-electron chi connectivity index (χ4n) is 6.94. The molecule has 2 aromatic heterocycles. The van der Waals surface area contributed by atoms with Crippen LogP contribution in [0, 0.1) is 0 Å². The molecule has 1 saturated heterocycles.